The molecule has 0 aromatic rings. The Bertz CT molecular complexity index is 348. The Morgan fingerprint density at radius 2 is 2.12 bits per heavy atom. The molecule has 5 unspecified atom stereocenters. The number of hydrogen-bond acceptors (Lipinski definition) is 7. The van der Waals surface area contributed by atoms with Crippen LogP contribution in [0.4, 0.5) is 0 Å². The van der Waals surface area contributed by atoms with Crippen LogP contribution in [0.5, 0.6) is 0 Å². The van der Waals surface area contributed by atoms with Crippen molar-refractivity contribution >= 4 is 31.6 Å². The monoisotopic (exact) mass is 271 g/mol. The molecule has 0 aromatic carbocycles. The van der Waals surface area contributed by atoms with Crippen molar-refractivity contribution in [3.8, 4) is 10.8 Å². The van der Waals surface area contributed by atoms with Gasteiger partial charge in [-0.05, 0) is 17.9 Å². The Morgan fingerprint density at radius 3 is 2.88 bits per heavy atom. The Morgan fingerprint density at radius 1 is 1.25 bits per heavy atom. The first-order valence-electron chi connectivity index (χ1n) is 4.98. The second-order valence-electron chi connectivity index (χ2n) is 4.06. The van der Waals surface area contributed by atoms with Crippen molar-refractivity contribution in [1.82, 2.24) is 14.5 Å². The molecular formula is C8H10N5PS2. The molecule has 0 spiro atoms. The first kappa shape index (κ1) is 11.1. The summed E-state index contributed by atoms with van der Waals surface area (Å²) in [6.45, 7) is 1.00. The molecule has 5 atom stereocenters. The van der Waals surface area contributed by atoms with Gasteiger partial charge in [0.25, 0.3) is 0 Å². The Balaban J connectivity index is 1.85. The molecular weight excluding hydrogens is 261 g/mol. The van der Waals surface area contributed by atoms with Crippen LogP contribution in [-0.4, -0.2) is 45.2 Å². The number of rotatable bonds is 2. The molecule has 16 heavy (non-hydrogen) atoms. The van der Waals surface area contributed by atoms with Gasteiger partial charge in [0, 0.05) is 25.0 Å². The highest BCUT2D eigenvalue weighted by Crippen LogP contribution is 2.56. The summed E-state index contributed by atoms with van der Waals surface area (Å²) < 4.78 is 1.98. The molecule has 4 saturated heterocycles. The predicted molar refractivity (Wildman–Crippen MR) is 65.6 cm³/mol. The molecule has 0 saturated carbocycles. The molecule has 8 heteroatoms. The van der Waals surface area contributed by atoms with Crippen molar-refractivity contribution in [2.24, 2.45) is 5.92 Å². The number of nitrogens with zero attached hydrogens (tertiary/aromatic N) is 5. The number of nitriles is 2. The van der Waals surface area contributed by atoms with E-state index in [1.54, 1.807) is 0 Å². The molecule has 0 radical (unpaired) electrons. The molecule has 84 valence electrons. The number of hydrogen-bond donors (Lipinski definition) is 0. The quantitative estimate of drug-likeness (QED) is 0.428. The van der Waals surface area contributed by atoms with Crippen LogP contribution in [0.15, 0.2) is 0 Å². The van der Waals surface area contributed by atoms with E-state index in [0.29, 0.717) is 5.92 Å². The minimum atomic E-state index is 0.0784. The van der Waals surface area contributed by atoms with Crippen LogP contribution in [-0.2, 0) is 0 Å². The molecule has 4 rings (SSSR count). The fourth-order valence-corrected chi connectivity index (χ4v) is 7.14. The van der Waals surface area contributed by atoms with Gasteiger partial charge in [-0.2, -0.15) is 15.5 Å². The van der Waals surface area contributed by atoms with Crippen LogP contribution in [0.25, 0.3) is 0 Å². The summed E-state index contributed by atoms with van der Waals surface area (Å²) in [4.78, 5) is 0. The van der Waals surface area contributed by atoms with Crippen molar-refractivity contribution in [2.45, 2.75) is 5.37 Å². The fraction of sp³-hybridized carbons (Fsp3) is 0.750. The highest BCUT2D eigenvalue weighted by atomic mass is 32.2. The lowest BCUT2D eigenvalue weighted by molar-refractivity contribution is -0.154. The van der Waals surface area contributed by atoms with E-state index in [4.69, 9.17) is 10.5 Å². The molecule has 0 aromatic heterocycles. The van der Waals surface area contributed by atoms with Crippen molar-refractivity contribution in [3.05, 3.63) is 0 Å². The van der Waals surface area contributed by atoms with Gasteiger partial charge in [0.2, 0.25) is 0 Å². The van der Waals surface area contributed by atoms with Crippen LogP contribution >= 0.6 is 31.6 Å². The molecule has 5 nitrogen and oxygen atoms in total. The van der Waals surface area contributed by atoms with Crippen LogP contribution in [0.2, 0.25) is 0 Å². The topological polar surface area (TPSA) is 57.3 Å². The SMILES string of the molecule is N#CSC1C2CN3CP(C2)CN1N3SC#N. The second-order valence-corrected chi connectivity index (χ2v) is 7.93. The van der Waals surface area contributed by atoms with E-state index in [1.807, 2.05) is 4.52 Å². The second kappa shape index (κ2) is 4.34. The van der Waals surface area contributed by atoms with Gasteiger partial charge in [0.15, 0.2) is 5.40 Å². The third-order valence-electron chi connectivity index (χ3n) is 3.10. The van der Waals surface area contributed by atoms with Gasteiger partial charge >= 0.3 is 0 Å². The summed E-state index contributed by atoms with van der Waals surface area (Å²) in [6, 6.07) is 0. The zero-order valence-corrected chi connectivity index (χ0v) is 11.0. The smallest absolute Gasteiger partial charge is 0.152 e. The van der Waals surface area contributed by atoms with Crippen LogP contribution < -0.4 is 0 Å². The maximum atomic E-state index is 8.85. The van der Waals surface area contributed by atoms with Gasteiger partial charge in [-0.25, -0.2) is 5.01 Å². The average molecular weight is 271 g/mol. The van der Waals surface area contributed by atoms with E-state index in [9.17, 15) is 0 Å². The molecule has 4 aliphatic heterocycles. The first-order chi connectivity index (χ1) is 7.83. The Hall–Kier alpha value is -0.0100. The Labute approximate surface area is 104 Å². The van der Waals surface area contributed by atoms with E-state index in [2.05, 4.69) is 20.8 Å². The van der Waals surface area contributed by atoms with Crippen molar-refractivity contribution in [3.63, 3.8) is 0 Å². The zero-order valence-electron chi connectivity index (χ0n) is 8.48. The minimum Gasteiger partial charge on any atom is -0.212 e. The Kier molecular flexibility index (Phi) is 3.01. The normalized spacial score (nSPS) is 45.2. The highest BCUT2D eigenvalue weighted by molar-refractivity contribution is 8.04. The largest absolute Gasteiger partial charge is 0.212 e. The number of hydrazine groups is 2. The molecule has 0 amide bonds. The van der Waals surface area contributed by atoms with Crippen molar-refractivity contribution < 1.29 is 0 Å². The predicted octanol–water partition coefficient (Wildman–Crippen LogP) is 1.45. The molecule has 4 heterocycles. The van der Waals surface area contributed by atoms with Crippen LogP contribution in [0.3, 0.4) is 0 Å². The summed E-state index contributed by atoms with van der Waals surface area (Å²) >= 11 is 2.52. The number of thiocyanates is 2. The molecule has 4 bridgehead atoms. The first-order valence-corrected chi connectivity index (χ1v) is 8.53. The fourth-order valence-electron chi connectivity index (χ4n) is 2.61. The van der Waals surface area contributed by atoms with Crippen LogP contribution in [0, 0.1) is 27.2 Å². The summed E-state index contributed by atoms with van der Waals surface area (Å²) in [5, 5.41) is 26.7. The van der Waals surface area contributed by atoms with E-state index >= 15 is 0 Å². The maximum Gasteiger partial charge on any atom is 0.152 e. The maximum absolute atomic E-state index is 8.85. The van der Waals surface area contributed by atoms with E-state index < -0.39 is 0 Å². The molecule has 0 N–H and O–H groups in total. The molecule has 4 fully saturated rings. The molecule has 0 aliphatic carbocycles. The minimum absolute atomic E-state index is 0.0784. The lowest BCUT2D eigenvalue weighted by atomic mass is 10.1. The van der Waals surface area contributed by atoms with E-state index in [-0.39, 0.29) is 13.3 Å². The molecule has 4 aliphatic rings. The third kappa shape index (κ3) is 1.64. The highest BCUT2D eigenvalue weighted by Gasteiger charge is 2.51. The van der Waals surface area contributed by atoms with Crippen molar-refractivity contribution in [2.75, 3.05) is 25.3 Å². The van der Waals surface area contributed by atoms with E-state index in [0.717, 1.165) is 19.1 Å². The van der Waals surface area contributed by atoms with E-state index in [1.165, 1.54) is 29.9 Å². The van der Waals surface area contributed by atoms with Gasteiger partial charge in [0.1, 0.15) is 5.40 Å². The van der Waals surface area contributed by atoms with Gasteiger partial charge in [-0.15, -0.1) is 0 Å². The van der Waals surface area contributed by atoms with Gasteiger partial charge in [0.05, 0.1) is 17.3 Å². The number of thioether (sulfide) groups is 1. The average Bonchev–Trinajstić information content (AvgIpc) is 2.28. The lowest BCUT2D eigenvalue weighted by Gasteiger charge is -2.60. The van der Waals surface area contributed by atoms with Gasteiger partial charge < -0.3 is 0 Å². The van der Waals surface area contributed by atoms with Gasteiger partial charge in [-0.1, -0.05) is 12.4 Å². The zero-order chi connectivity index (χ0) is 11.1. The van der Waals surface area contributed by atoms with Crippen LogP contribution in [0.1, 0.15) is 0 Å². The summed E-state index contributed by atoms with van der Waals surface area (Å²) in [5.74, 6) is 0.605. The third-order valence-corrected chi connectivity index (χ3v) is 7.16. The lowest BCUT2D eigenvalue weighted by Crippen LogP contribution is -2.68. The summed E-state index contributed by atoms with van der Waals surface area (Å²) in [6.07, 6.45) is 3.48. The van der Waals surface area contributed by atoms with Gasteiger partial charge in [-0.3, -0.25) is 0 Å². The summed E-state index contributed by atoms with van der Waals surface area (Å²) in [5.41, 5.74) is 0. The van der Waals surface area contributed by atoms with Crippen molar-refractivity contribution in [1.29, 1.82) is 10.5 Å². The standard InChI is InChI=1S/C8H10N5PS2/c9-3-15-8-7-1-11-5-14(2-7)6-12(8)13(11)16-4-10/h7-8H,1-2,5-6H2. The summed E-state index contributed by atoms with van der Waals surface area (Å²) in [7, 11) is 0.0784.